The van der Waals surface area contributed by atoms with E-state index in [4.69, 9.17) is 4.74 Å². The van der Waals surface area contributed by atoms with Crippen molar-refractivity contribution in [2.75, 3.05) is 13.7 Å². The van der Waals surface area contributed by atoms with Crippen LogP contribution in [0.2, 0.25) is 0 Å². The number of carbonyl (C=O) groups excluding carboxylic acids is 1. The number of esters is 1. The molecule has 2 atom stereocenters. The van der Waals surface area contributed by atoms with Crippen LogP contribution in [0.25, 0.3) is 0 Å². The normalized spacial score (nSPS) is 34.1. The van der Waals surface area contributed by atoms with Gasteiger partial charge in [-0.3, -0.25) is 4.79 Å². The topological polar surface area (TPSA) is 38.3 Å². The Balaban J connectivity index is 2.96. The lowest BCUT2D eigenvalue weighted by molar-refractivity contribution is -0.150. The van der Waals surface area contributed by atoms with Crippen molar-refractivity contribution in [2.45, 2.75) is 46.1 Å². The molecule has 0 radical (unpaired) electrons. The summed E-state index contributed by atoms with van der Waals surface area (Å²) in [7, 11) is 1.47. The molecule has 15 heavy (non-hydrogen) atoms. The van der Waals surface area contributed by atoms with Gasteiger partial charge in [0.15, 0.2) is 0 Å². The Hall–Kier alpha value is -0.570. The molecule has 1 N–H and O–H groups in total. The Morgan fingerprint density at radius 3 is 2.47 bits per heavy atom. The van der Waals surface area contributed by atoms with Crippen molar-refractivity contribution in [2.24, 2.45) is 11.3 Å². The van der Waals surface area contributed by atoms with Crippen molar-refractivity contribution in [1.82, 2.24) is 5.32 Å². The van der Waals surface area contributed by atoms with Gasteiger partial charge >= 0.3 is 5.97 Å². The molecule has 0 aromatic heterocycles. The Kier molecular flexibility index (Phi) is 3.44. The van der Waals surface area contributed by atoms with E-state index in [1.165, 1.54) is 7.11 Å². The first kappa shape index (κ1) is 12.5. The number of methoxy groups -OCH3 is 1. The molecule has 0 heterocycles. The van der Waals surface area contributed by atoms with Gasteiger partial charge in [0, 0.05) is 0 Å². The Bertz CT molecular complexity index is 250. The lowest BCUT2D eigenvalue weighted by atomic mass is 9.86. The van der Waals surface area contributed by atoms with Crippen LogP contribution >= 0.6 is 0 Å². The van der Waals surface area contributed by atoms with E-state index in [0.29, 0.717) is 5.92 Å². The lowest BCUT2D eigenvalue weighted by Gasteiger charge is -2.32. The summed E-state index contributed by atoms with van der Waals surface area (Å²) < 4.78 is 4.95. The van der Waals surface area contributed by atoms with E-state index in [1.54, 1.807) is 0 Å². The SMILES string of the molecule is CCNC1(C(=O)OC)CC(C)(C)CC1C. The van der Waals surface area contributed by atoms with Gasteiger partial charge in [-0.15, -0.1) is 0 Å². The van der Waals surface area contributed by atoms with Gasteiger partial charge in [-0.1, -0.05) is 27.7 Å². The van der Waals surface area contributed by atoms with Gasteiger partial charge in [0.2, 0.25) is 0 Å². The zero-order valence-electron chi connectivity index (χ0n) is 10.5. The third kappa shape index (κ3) is 2.17. The number of ether oxygens (including phenoxy) is 1. The smallest absolute Gasteiger partial charge is 0.326 e. The molecule has 1 aliphatic rings. The predicted molar refractivity (Wildman–Crippen MR) is 60.6 cm³/mol. The predicted octanol–water partition coefficient (Wildman–Crippen LogP) is 1.96. The molecule has 0 saturated heterocycles. The molecule has 1 saturated carbocycles. The maximum absolute atomic E-state index is 11.9. The number of likely N-dealkylation sites (N-methyl/N-ethyl adjacent to an activating group) is 1. The van der Waals surface area contributed by atoms with E-state index < -0.39 is 5.54 Å². The van der Waals surface area contributed by atoms with E-state index in [-0.39, 0.29) is 11.4 Å². The van der Waals surface area contributed by atoms with Crippen LogP contribution in [0.15, 0.2) is 0 Å². The monoisotopic (exact) mass is 213 g/mol. The van der Waals surface area contributed by atoms with E-state index in [1.807, 2.05) is 6.92 Å². The highest BCUT2D eigenvalue weighted by molar-refractivity contribution is 5.81. The molecule has 1 fully saturated rings. The van der Waals surface area contributed by atoms with Gasteiger partial charge in [-0.25, -0.2) is 0 Å². The molecule has 1 aliphatic carbocycles. The van der Waals surface area contributed by atoms with Crippen molar-refractivity contribution in [3.8, 4) is 0 Å². The zero-order chi connectivity index (χ0) is 11.7. The van der Waals surface area contributed by atoms with Crippen LogP contribution in [0.1, 0.15) is 40.5 Å². The quantitative estimate of drug-likeness (QED) is 0.728. The highest BCUT2D eigenvalue weighted by Gasteiger charge is 2.53. The number of carbonyl (C=O) groups is 1. The maximum Gasteiger partial charge on any atom is 0.326 e. The van der Waals surface area contributed by atoms with Gasteiger partial charge in [0.1, 0.15) is 5.54 Å². The Morgan fingerprint density at radius 1 is 1.53 bits per heavy atom. The number of nitrogens with one attached hydrogen (secondary N) is 1. The minimum atomic E-state index is -0.465. The average molecular weight is 213 g/mol. The minimum Gasteiger partial charge on any atom is -0.468 e. The summed E-state index contributed by atoms with van der Waals surface area (Å²) in [6, 6.07) is 0. The second-order valence-electron chi connectivity index (χ2n) is 5.44. The summed E-state index contributed by atoms with van der Waals surface area (Å²) in [5, 5.41) is 3.34. The summed E-state index contributed by atoms with van der Waals surface area (Å²) in [5.41, 5.74) is -0.247. The maximum atomic E-state index is 11.9. The van der Waals surface area contributed by atoms with Crippen LogP contribution < -0.4 is 5.32 Å². The summed E-state index contributed by atoms with van der Waals surface area (Å²) in [5.74, 6) is 0.224. The molecular formula is C12H23NO2. The average Bonchev–Trinajstić information content (AvgIpc) is 2.36. The largest absolute Gasteiger partial charge is 0.468 e. The van der Waals surface area contributed by atoms with E-state index in [9.17, 15) is 4.79 Å². The lowest BCUT2D eigenvalue weighted by Crippen LogP contribution is -2.55. The number of hydrogen-bond donors (Lipinski definition) is 1. The minimum absolute atomic E-state index is 0.109. The fraction of sp³-hybridized carbons (Fsp3) is 0.917. The summed E-state index contributed by atoms with van der Waals surface area (Å²) in [4.78, 5) is 11.9. The first-order chi connectivity index (χ1) is 6.88. The van der Waals surface area contributed by atoms with Gasteiger partial charge < -0.3 is 10.1 Å². The van der Waals surface area contributed by atoms with E-state index in [0.717, 1.165) is 19.4 Å². The van der Waals surface area contributed by atoms with Crippen molar-refractivity contribution >= 4 is 5.97 Å². The van der Waals surface area contributed by atoms with Gasteiger partial charge in [-0.2, -0.15) is 0 Å². The first-order valence-electron chi connectivity index (χ1n) is 5.71. The molecule has 2 unspecified atom stereocenters. The zero-order valence-corrected chi connectivity index (χ0v) is 10.5. The Morgan fingerprint density at radius 2 is 2.13 bits per heavy atom. The Labute approximate surface area is 92.6 Å². The molecule has 3 heteroatoms. The molecule has 0 aromatic carbocycles. The van der Waals surface area contributed by atoms with Crippen LogP contribution in [0.3, 0.4) is 0 Å². The van der Waals surface area contributed by atoms with Crippen molar-refractivity contribution in [3.05, 3.63) is 0 Å². The van der Waals surface area contributed by atoms with Crippen LogP contribution in [0, 0.1) is 11.3 Å². The number of rotatable bonds is 3. The molecule has 0 spiro atoms. The van der Waals surface area contributed by atoms with Crippen molar-refractivity contribution in [3.63, 3.8) is 0 Å². The van der Waals surface area contributed by atoms with Crippen molar-refractivity contribution < 1.29 is 9.53 Å². The van der Waals surface area contributed by atoms with Crippen LogP contribution in [0.5, 0.6) is 0 Å². The molecule has 0 aromatic rings. The first-order valence-corrected chi connectivity index (χ1v) is 5.71. The molecule has 88 valence electrons. The summed E-state index contributed by atoms with van der Waals surface area (Å²) >= 11 is 0. The highest BCUT2D eigenvalue weighted by atomic mass is 16.5. The molecule has 0 bridgehead atoms. The second kappa shape index (κ2) is 4.12. The fourth-order valence-electron chi connectivity index (χ4n) is 3.08. The highest BCUT2D eigenvalue weighted by Crippen LogP contribution is 2.47. The molecule has 1 rings (SSSR count). The number of hydrogen-bond acceptors (Lipinski definition) is 3. The van der Waals surface area contributed by atoms with E-state index >= 15 is 0 Å². The van der Waals surface area contributed by atoms with Gasteiger partial charge in [-0.05, 0) is 30.7 Å². The third-order valence-corrected chi connectivity index (χ3v) is 3.50. The van der Waals surface area contributed by atoms with Crippen LogP contribution in [-0.4, -0.2) is 25.2 Å². The fourth-order valence-corrected chi connectivity index (χ4v) is 3.08. The molecule has 3 nitrogen and oxygen atoms in total. The third-order valence-electron chi connectivity index (χ3n) is 3.50. The van der Waals surface area contributed by atoms with Crippen molar-refractivity contribution in [1.29, 1.82) is 0 Å². The van der Waals surface area contributed by atoms with Gasteiger partial charge in [0.05, 0.1) is 7.11 Å². The molecular weight excluding hydrogens is 190 g/mol. The van der Waals surface area contributed by atoms with E-state index in [2.05, 4.69) is 26.1 Å². The summed E-state index contributed by atoms with van der Waals surface area (Å²) in [6.45, 7) is 9.39. The standard InChI is InChI=1S/C12H23NO2/c1-6-13-12(10(14)15-5)8-11(3,4)7-9(12)2/h9,13H,6-8H2,1-5H3. The molecule has 0 aliphatic heterocycles. The summed E-state index contributed by atoms with van der Waals surface area (Å²) in [6.07, 6.45) is 1.93. The van der Waals surface area contributed by atoms with Gasteiger partial charge in [0.25, 0.3) is 0 Å². The van der Waals surface area contributed by atoms with Crippen LogP contribution in [-0.2, 0) is 9.53 Å². The second-order valence-corrected chi connectivity index (χ2v) is 5.44. The molecule has 0 amide bonds. The van der Waals surface area contributed by atoms with Crippen LogP contribution in [0.4, 0.5) is 0 Å².